The second-order valence-electron chi connectivity index (χ2n) is 6.35. The summed E-state index contributed by atoms with van der Waals surface area (Å²) in [6.07, 6.45) is 4.08. The average molecular weight is 341 g/mol. The molecule has 1 saturated carbocycles. The molecule has 2 atom stereocenters. The lowest BCUT2D eigenvalue weighted by Crippen LogP contribution is -2.22. The van der Waals surface area contributed by atoms with Gasteiger partial charge in [0.05, 0.1) is 11.9 Å². The molecule has 0 bridgehead atoms. The second kappa shape index (κ2) is 6.38. The van der Waals surface area contributed by atoms with Crippen molar-refractivity contribution in [1.29, 1.82) is 0 Å². The number of benzene rings is 2. The SMILES string of the molecule is CC[C@@]1(N)C[C@@H]1c1ccc(-n2cc(-c3ccccc3)nn2)cc1.Cl. The Morgan fingerprint density at radius 3 is 2.46 bits per heavy atom. The molecule has 1 fully saturated rings. The molecule has 5 heteroatoms. The van der Waals surface area contributed by atoms with Crippen molar-refractivity contribution >= 4 is 12.4 Å². The van der Waals surface area contributed by atoms with Crippen LogP contribution in [0.2, 0.25) is 0 Å². The Morgan fingerprint density at radius 2 is 1.83 bits per heavy atom. The van der Waals surface area contributed by atoms with Gasteiger partial charge in [-0.25, -0.2) is 4.68 Å². The average Bonchev–Trinajstić information content (AvgIpc) is 3.07. The van der Waals surface area contributed by atoms with Gasteiger partial charge >= 0.3 is 0 Å². The monoisotopic (exact) mass is 340 g/mol. The van der Waals surface area contributed by atoms with Crippen molar-refractivity contribution in [3.05, 3.63) is 66.4 Å². The summed E-state index contributed by atoms with van der Waals surface area (Å²) in [5, 5.41) is 8.50. The molecular formula is C19H21ClN4. The van der Waals surface area contributed by atoms with Crippen molar-refractivity contribution < 1.29 is 0 Å². The highest BCUT2D eigenvalue weighted by Gasteiger charge is 2.49. The number of nitrogens with two attached hydrogens (primary N) is 1. The van der Waals surface area contributed by atoms with Crippen molar-refractivity contribution in [3.8, 4) is 16.9 Å². The topological polar surface area (TPSA) is 56.7 Å². The van der Waals surface area contributed by atoms with Crippen LogP contribution in [0.4, 0.5) is 0 Å². The van der Waals surface area contributed by atoms with Crippen LogP contribution in [0, 0.1) is 0 Å². The van der Waals surface area contributed by atoms with Gasteiger partial charge in [-0.1, -0.05) is 54.6 Å². The Kier molecular flexibility index (Phi) is 4.43. The van der Waals surface area contributed by atoms with Crippen molar-refractivity contribution in [1.82, 2.24) is 15.0 Å². The number of rotatable bonds is 4. The molecule has 0 radical (unpaired) electrons. The standard InChI is InChI=1S/C19H20N4.ClH/c1-2-19(20)12-17(19)14-8-10-16(11-9-14)23-13-18(21-22-23)15-6-4-3-5-7-15;/h3-11,13,17H,2,12,20H2,1H3;1H/t17-,19-;/m1./s1. The van der Waals surface area contributed by atoms with Crippen LogP contribution in [0.1, 0.15) is 31.2 Å². The molecule has 1 aliphatic carbocycles. The summed E-state index contributed by atoms with van der Waals surface area (Å²) in [6.45, 7) is 2.16. The van der Waals surface area contributed by atoms with E-state index in [1.165, 1.54) is 5.56 Å². The Morgan fingerprint density at radius 1 is 1.12 bits per heavy atom. The van der Waals surface area contributed by atoms with E-state index in [-0.39, 0.29) is 17.9 Å². The van der Waals surface area contributed by atoms with Gasteiger partial charge in [0.15, 0.2) is 0 Å². The van der Waals surface area contributed by atoms with Gasteiger partial charge in [-0.05, 0) is 30.5 Å². The summed E-state index contributed by atoms with van der Waals surface area (Å²) in [6, 6.07) is 18.6. The highest BCUT2D eigenvalue weighted by atomic mass is 35.5. The van der Waals surface area contributed by atoms with E-state index < -0.39 is 0 Å². The molecule has 3 aromatic rings. The molecule has 4 rings (SSSR count). The molecule has 2 N–H and O–H groups in total. The first-order chi connectivity index (χ1) is 11.2. The lowest BCUT2D eigenvalue weighted by molar-refractivity contribution is 0.626. The van der Waals surface area contributed by atoms with Gasteiger partial charge in [-0.3, -0.25) is 0 Å². The largest absolute Gasteiger partial charge is 0.325 e. The first kappa shape index (κ1) is 16.7. The number of halogens is 1. The molecule has 1 heterocycles. The molecule has 4 nitrogen and oxygen atoms in total. The van der Waals surface area contributed by atoms with E-state index in [1.54, 1.807) is 0 Å². The van der Waals surface area contributed by atoms with Gasteiger partial charge in [0.2, 0.25) is 0 Å². The highest BCUT2D eigenvalue weighted by molar-refractivity contribution is 5.85. The van der Waals surface area contributed by atoms with Crippen LogP contribution in [0.15, 0.2) is 60.8 Å². The summed E-state index contributed by atoms with van der Waals surface area (Å²) < 4.78 is 1.81. The number of hydrogen-bond acceptors (Lipinski definition) is 3. The highest BCUT2D eigenvalue weighted by Crippen LogP contribution is 2.51. The summed E-state index contributed by atoms with van der Waals surface area (Å²) in [4.78, 5) is 0. The molecule has 0 amide bonds. The van der Waals surface area contributed by atoms with Crippen LogP contribution in [-0.4, -0.2) is 20.5 Å². The molecule has 0 aliphatic heterocycles. The molecule has 1 aliphatic rings. The third-order valence-electron chi connectivity index (χ3n) is 4.90. The fourth-order valence-corrected chi connectivity index (χ4v) is 3.15. The summed E-state index contributed by atoms with van der Waals surface area (Å²) in [5.41, 5.74) is 10.6. The maximum atomic E-state index is 6.31. The zero-order chi connectivity index (χ0) is 15.9. The predicted molar refractivity (Wildman–Crippen MR) is 98.6 cm³/mol. The number of nitrogens with zero attached hydrogens (tertiary/aromatic N) is 3. The van der Waals surface area contributed by atoms with Gasteiger partial charge in [-0.15, -0.1) is 17.5 Å². The Hall–Kier alpha value is -2.17. The van der Waals surface area contributed by atoms with Crippen molar-refractivity contribution in [2.45, 2.75) is 31.2 Å². The lowest BCUT2D eigenvalue weighted by atomic mass is 10.0. The van der Waals surface area contributed by atoms with Gasteiger partial charge in [0.25, 0.3) is 0 Å². The zero-order valence-corrected chi connectivity index (χ0v) is 14.4. The van der Waals surface area contributed by atoms with E-state index in [9.17, 15) is 0 Å². The van der Waals surface area contributed by atoms with Crippen molar-refractivity contribution in [2.75, 3.05) is 0 Å². The van der Waals surface area contributed by atoms with E-state index in [0.717, 1.165) is 29.8 Å². The van der Waals surface area contributed by atoms with Crippen LogP contribution >= 0.6 is 12.4 Å². The molecule has 0 unspecified atom stereocenters. The van der Waals surface area contributed by atoms with Gasteiger partial charge in [0.1, 0.15) is 5.69 Å². The minimum Gasteiger partial charge on any atom is -0.325 e. The second-order valence-corrected chi connectivity index (χ2v) is 6.35. The van der Waals surface area contributed by atoms with Crippen LogP contribution in [0.5, 0.6) is 0 Å². The maximum Gasteiger partial charge on any atom is 0.113 e. The lowest BCUT2D eigenvalue weighted by Gasteiger charge is -2.08. The smallest absolute Gasteiger partial charge is 0.113 e. The molecule has 1 aromatic heterocycles. The first-order valence-corrected chi connectivity index (χ1v) is 8.06. The summed E-state index contributed by atoms with van der Waals surface area (Å²) >= 11 is 0. The van der Waals surface area contributed by atoms with Crippen molar-refractivity contribution in [2.24, 2.45) is 5.73 Å². The molecule has 0 spiro atoms. The summed E-state index contributed by atoms with van der Waals surface area (Å²) in [5.74, 6) is 0.497. The first-order valence-electron chi connectivity index (χ1n) is 8.06. The molecule has 0 saturated heterocycles. The zero-order valence-electron chi connectivity index (χ0n) is 13.6. The van der Waals surface area contributed by atoms with E-state index in [0.29, 0.717) is 5.92 Å². The van der Waals surface area contributed by atoms with E-state index in [2.05, 4.69) is 41.5 Å². The quantitative estimate of drug-likeness (QED) is 0.782. The van der Waals surface area contributed by atoms with Gasteiger partial charge in [-0.2, -0.15) is 0 Å². The fourth-order valence-electron chi connectivity index (χ4n) is 3.15. The predicted octanol–water partition coefficient (Wildman–Crippen LogP) is 3.95. The summed E-state index contributed by atoms with van der Waals surface area (Å²) in [7, 11) is 0. The number of hydrogen-bond donors (Lipinski definition) is 1. The normalized spacial score (nSPS) is 22.0. The minimum atomic E-state index is 0. The van der Waals surface area contributed by atoms with Crippen molar-refractivity contribution in [3.63, 3.8) is 0 Å². The Bertz CT molecular complexity index is 813. The molecule has 124 valence electrons. The fraction of sp³-hybridized carbons (Fsp3) is 0.263. The third kappa shape index (κ3) is 2.95. The third-order valence-corrected chi connectivity index (χ3v) is 4.90. The Balaban J connectivity index is 0.00000169. The van der Waals surface area contributed by atoms with E-state index >= 15 is 0 Å². The van der Waals surface area contributed by atoms with Crippen LogP contribution < -0.4 is 5.73 Å². The number of aromatic nitrogens is 3. The molecule has 2 aromatic carbocycles. The Labute approximate surface area is 148 Å². The van der Waals surface area contributed by atoms with Crippen LogP contribution in [0.25, 0.3) is 16.9 Å². The van der Waals surface area contributed by atoms with Gasteiger partial charge < -0.3 is 5.73 Å². The van der Waals surface area contributed by atoms with Crippen LogP contribution in [-0.2, 0) is 0 Å². The van der Waals surface area contributed by atoms with E-state index in [4.69, 9.17) is 5.73 Å². The molecule has 24 heavy (non-hydrogen) atoms. The molecular weight excluding hydrogens is 320 g/mol. The van der Waals surface area contributed by atoms with Crippen LogP contribution in [0.3, 0.4) is 0 Å². The minimum absolute atomic E-state index is 0. The maximum absolute atomic E-state index is 6.31. The van der Waals surface area contributed by atoms with E-state index in [1.807, 2.05) is 41.2 Å². The van der Waals surface area contributed by atoms with Gasteiger partial charge in [0, 0.05) is 17.0 Å².